The summed E-state index contributed by atoms with van der Waals surface area (Å²) in [5, 5.41) is 10.1. The van der Waals surface area contributed by atoms with E-state index in [1.807, 2.05) is 54.4 Å². The van der Waals surface area contributed by atoms with Crippen LogP contribution in [0.4, 0.5) is 0 Å². The van der Waals surface area contributed by atoms with E-state index in [9.17, 15) is 9.90 Å². The van der Waals surface area contributed by atoms with Crippen molar-refractivity contribution in [1.29, 1.82) is 0 Å². The van der Waals surface area contributed by atoms with Gasteiger partial charge < -0.3 is 14.9 Å². The van der Waals surface area contributed by atoms with Crippen LogP contribution < -0.4 is 0 Å². The highest BCUT2D eigenvalue weighted by molar-refractivity contribution is 5.94. The molecular formula is C22H26N2O2. The highest BCUT2D eigenvalue weighted by Crippen LogP contribution is 2.47. The molecular weight excluding hydrogens is 324 g/mol. The molecule has 4 nitrogen and oxygen atoms in total. The molecule has 3 atom stereocenters. The van der Waals surface area contributed by atoms with Crippen LogP contribution in [0.25, 0.3) is 0 Å². The minimum atomic E-state index is -0.164. The maximum Gasteiger partial charge on any atom is 0.253 e. The van der Waals surface area contributed by atoms with Crippen molar-refractivity contribution in [2.45, 2.75) is 37.3 Å². The number of aromatic hydroxyl groups is 1. The third-order valence-corrected chi connectivity index (χ3v) is 6.46. The van der Waals surface area contributed by atoms with Gasteiger partial charge in [-0.3, -0.25) is 4.79 Å². The zero-order chi connectivity index (χ0) is 18.5. The van der Waals surface area contributed by atoms with Crippen LogP contribution >= 0.6 is 0 Å². The van der Waals surface area contributed by atoms with Crippen molar-refractivity contribution < 1.29 is 9.90 Å². The lowest BCUT2D eigenvalue weighted by atomic mass is 9.61. The number of piperidine rings is 1. The first-order valence-corrected chi connectivity index (χ1v) is 9.26. The Balaban J connectivity index is 1.78. The number of amides is 1. The molecule has 0 spiro atoms. The number of phenolic OH excluding ortho intramolecular Hbond substituents is 1. The Hall–Kier alpha value is -2.33. The number of hydrogen-bond donors (Lipinski definition) is 1. The highest BCUT2D eigenvalue weighted by atomic mass is 16.3. The van der Waals surface area contributed by atoms with Gasteiger partial charge in [-0.1, -0.05) is 31.2 Å². The number of carbonyl (C=O) groups is 1. The molecule has 2 aliphatic rings. The first-order valence-electron chi connectivity index (χ1n) is 9.26. The molecule has 0 aromatic heterocycles. The van der Waals surface area contributed by atoms with Crippen LogP contribution in [0.15, 0.2) is 48.5 Å². The standard InChI is InChI=1S/C22H26N2O2/c1-22-11-12-23(2)19(13-16-9-10-17(25)14-18(16)22)20(22)24(3)21(26)15-7-5-4-6-8-15/h4-10,14,19-20,25H,11-13H2,1-3H3. The van der Waals surface area contributed by atoms with E-state index in [2.05, 4.69) is 18.9 Å². The number of likely N-dealkylation sites (tertiary alicyclic amines) is 1. The van der Waals surface area contributed by atoms with E-state index in [0.29, 0.717) is 5.75 Å². The minimum absolute atomic E-state index is 0.0609. The van der Waals surface area contributed by atoms with Gasteiger partial charge in [0.25, 0.3) is 5.91 Å². The first-order chi connectivity index (χ1) is 12.4. The van der Waals surface area contributed by atoms with Crippen molar-refractivity contribution in [2.24, 2.45) is 0 Å². The maximum atomic E-state index is 13.2. The van der Waals surface area contributed by atoms with Crippen LogP contribution in [0.3, 0.4) is 0 Å². The lowest BCUT2D eigenvalue weighted by molar-refractivity contribution is 0.00529. The molecule has 1 aliphatic carbocycles. The van der Waals surface area contributed by atoms with Gasteiger partial charge in [0.2, 0.25) is 0 Å². The van der Waals surface area contributed by atoms with Crippen molar-refractivity contribution in [1.82, 2.24) is 9.80 Å². The largest absolute Gasteiger partial charge is 0.508 e. The zero-order valence-electron chi connectivity index (χ0n) is 15.6. The third-order valence-electron chi connectivity index (χ3n) is 6.46. The molecule has 1 heterocycles. The number of rotatable bonds is 2. The molecule has 3 unspecified atom stereocenters. The topological polar surface area (TPSA) is 43.8 Å². The van der Waals surface area contributed by atoms with E-state index in [1.54, 1.807) is 6.07 Å². The van der Waals surface area contributed by atoms with Gasteiger partial charge in [0.1, 0.15) is 5.75 Å². The molecule has 1 saturated heterocycles. The predicted octanol–water partition coefficient (Wildman–Crippen LogP) is 3.05. The summed E-state index contributed by atoms with van der Waals surface area (Å²) in [5.74, 6) is 0.365. The Bertz CT molecular complexity index is 835. The lowest BCUT2D eigenvalue weighted by Gasteiger charge is -2.57. The van der Waals surface area contributed by atoms with E-state index in [-0.39, 0.29) is 23.4 Å². The highest BCUT2D eigenvalue weighted by Gasteiger charge is 2.52. The van der Waals surface area contributed by atoms with E-state index in [1.165, 1.54) is 11.1 Å². The minimum Gasteiger partial charge on any atom is -0.508 e. The van der Waals surface area contributed by atoms with E-state index in [0.717, 1.165) is 24.9 Å². The number of nitrogens with zero attached hydrogens (tertiary/aromatic N) is 2. The Kier molecular flexibility index (Phi) is 4.03. The van der Waals surface area contributed by atoms with E-state index in [4.69, 9.17) is 0 Å². The molecule has 4 heteroatoms. The van der Waals surface area contributed by atoms with Crippen molar-refractivity contribution in [3.8, 4) is 5.75 Å². The summed E-state index contributed by atoms with van der Waals surface area (Å²) in [6, 6.07) is 15.6. The number of benzene rings is 2. The van der Waals surface area contributed by atoms with Crippen LogP contribution in [-0.2, 0) is 11.8 Å². The summed E-state index contributed by atoms with van der Waals surface area (Å²) in [5.41, 5.74) is 3.04. The second-order valence-corrected chi connectivity index (χ2v) is 7.99. The lowest BCUT2D eigenvalue weighted by Crippen LogP contribution is -2.67. The summed E-state index contributed by atoms with van der Waals surface area (Å²) in [4.78, 5) is 17.5. The van der Waals surface area contributed by atoms with Gasteiger partial charge in [0, 0.05) is 24.1 Å². The quantitative estimate of drug-likeness (QED) is 0.905. The number of hydrogen-bond acceptors (Lipinski definition) is 3. The fraction of sp³-hybridized carbons (Fsp3) is 0.409. The molecule has 0 radical (unpaired) electrons. The average molecular weight is 350 g/mol. The number of phenols is 1. The summed E-state index contributed by atoms with van der Waals surface area (Å²) >= 11 is 0. The number of likely N-dealkylation sites (N-methyl/N-ethyl adjacent to an activating group) is 2. The van der Waals surface area contributed by atoms with Crippen LogP contribution in [0.5, 0.6) is 5.75 Å². The second kappa shape index (κ2) is 6.13. The number of carbonyl (C=O) groups excluding carboxylic acids is 1. The van der Waals surface area contributed by atoms with Gasteiger partial charge in [-0.2, -0.15) is 0 Å². The van der Waals surface area contributed by atoms with Crippen LogP contribution in [0.1, 0.15) is 34.8 Å². The van der Waals surface area contributed by atoms with E-state index < -0.39 is 0 Å². The zero-order valence-corrected chi connectivity index (χ0v) is 15.6. The molecule has 1 aliphatic heterocycles. The van der Waals surface area contributed by atoms with Crippen LogP contribution in [-0.4, -0.2) is 53.5 Å². The molecule has 0 saturated carbocycles. The summed E-state index contributed by atoms with van der Waals surface area (Å²) in [7, 11) is 4.09. The van der Waals surface area contributed by atoms with Crippen molar-refractivity contribution in [3.05, 3.63) is 65.2 Å². The van der Waals surface area contributed by atoms with Crippen molar-refractivity contribution in [2.75, 3.05) is 20.6 Å². The van der Waals surface area contributed by atoms with Crippen molar-refractivity contribution >= 4 is 5.91 Å². The summed E-state index contributed by atoms with van der Waals surface area (Å²) < 4.78 is 0. The van der Waals surface area contributed by atoms with Crippen molar-refractivity contribution in [3.63, 3.8) is 0 Å². The average Bonchev–Trinajstić information content (AvgIpc) is 2.65. The van der Waals surface area contributed by atoms with Crippen LogP contribution in [0, 0.1) is 0 Å². The van der Waals surface area contributed by atoms with Gasteiger partial charge in [-0.25, -0.2) is 0 Å². The van der Waals surface area contributed by atoms with Gasteiger partial charge in [0.15, 0.2) is 0 Å². The van der Waals surface area contributed by atoms with Gasteiger partial charge in [-0.15, -0.1) is 0 Å². The molecule has 1 amide bonds. The predicted molar refractivity (Wildman–Crippen MR) is 103 cm³/mol. The maximum absolute atomic E-state index is 13.2. The van der Waals surface area contributed by atoms with E-state index >= 15 is 0 Å². The fourth-order valence-electron chi connectivity index (χ4n) is 5.05. The first kappa shape index (κ1) is 17.1. The summed E-state index contributed by atoms with van der Waals surface area (Å²) in [6.07, 6.45) is 1.87. The SMILES string of the molecule is CN1CCC2(C)c3cc(O)ccc3CC1C2N(C)C(=O)c1ccccc1. The molecule has 2 aromatic carbocycles. The molecule has 136 valence electrons. The Morgan fingerprint density at radius 3 is 2.69 bits per heavy atom. The molecule has 2 aromatic rings. The Morgan fingerprint density at radius 1 is 1.23 bits per heavy atom. The van der Waals surface area contributed by atoms with Gasteiger partial charge >= 0.3 is 0 Å². The fourth-order valence-corrected chi connectivity index (χ4v) is 5.05. The molecule has 4 rings (SSSR count). The second-order valence-electron chi connectivity index (χ2n) is 7.99. The summed E-state index contributed by atoms with van der Waals surface area (Å²) in [6.45, 7) is 3.25. The molecule has 26 heavy (non-hydrogen) atoms. The monoisotopic (exact) mass is 350 g/mol. The molecule has 1 fully saturated rings. The van der Waals surface area contributed by atoms with Gasteiger partial charge in [0.05, 0.1) is 6.04 Å². The number of fused-ring (bicyclic) bond motifs is 4. The Labute approximate surface area is 155 Å². The normalized spacial score (nSPS) is 27.7. The smallest absolute Gasteiger partial charge is 0.253 e. The molecule has 2 bridgehead atoms. The third kappa shape index (κ3) is 2.52. The van der Waals surface area contributed by atoms with Crippen LogP contribution in [0.2, 0.25) is 0 Å². The van der Waals surface area contributed by atoms with Gasteiger partial charge in [-0.05, 0) is 61.8 Å². The Morgan fingerprint density at radius 2 is 1.96 bits per heavy atom. The molecule has 1 N–H and O–H groups in total.